The molecule has 4 heteroatoms. The van der Waals surface area contributed by atoms with Gasteiger partial charge in [-0.05, 0) is 48.7 Å². The zero-order valence-corrected chi connectivity index (χ0v) is 14.9. The van der Waals surface area contributed by atoms with E-state index in [9.17, 15) is 0 Å². The van der Waals surface area contributed by atoms with Gasteiger partial charge < -0.3 is 10.5 Å². The molecule has 2 aromatic carbocycles. The molecule has 0 radical (unpaired) electrons. The summed E-state index contributed by atoms with van der Waals surface area (Å²) in [7, 11) is 1.69. The largest absolute Gasteiger partial charge is 0.496 e. The van der Waals surface area contributed by atoms with Crippen molar-refractivity contribution in [1.29, 1.82) is 0 Å². The second-order valence-electron chi connectivity index (χ2n) is 4.78. The molecular formula is C16H17Br2NO. The third-order valence-electron chi connectivity index (χ3n) is 3.43. The maximum atomic E-state index is 6.48. The fourth-order valence-electron chi connectivity index (χ4n) is 2.39. The van der Waals surface area contributed by atoms with Crippen molar-refractivity contribution in [3.05, 3.63) is 61.5 Å². The van der Waals surface area contributed by atoms with Crippen molar-refractivity contribution in [2.75, 3.05) is 7.11 Å². The van der Waals surface area contributed by atoms with E-state index in [4.69, 9.17) is 10.5 Å². The fraction of sp³-hybridized carbons (Fsp3) is 0.250. The van der Waals surface area contributed by atoms with E-state index in [1.54, 1.807) is 7.11 Å². The molecule has 0 amide bonds. The number of hydrogen-bond acceptors (Lipinski definition) is 2. The van der Waals surface area contributed by atoms with E-state index in [1.165, 1.54) is 0 Å². The standard InChI is InChI=1S/C16H17Br2NO/c1-9-7-13(18)10(2)14(16(9)20-3)15(19)11-5-4-6-12(17)8-11/h4-8,15H,19H2,1-3H3. The van der Waals surface area contributed by atoms with Gasteiger partial charge in [-0.2, -0.15) is 0 Å². The average molecular weight is 399 g/mol. The predicted octanol–water partition coefficient (Wildman–Crippen LogP) is 4.89. The summed E-state index contributed by atoms with van der Waals surface area (Å²) in [6.45, 7) is 4.08. The minimum atomic E-state index is -0.223. The summed E-state index contributed by atoms with van der Waals surface area (Å²) in [5.74, 6) is 0.859. The first-order valence-corrected chi connectivity index (χ1v) is 7.89. The lowest BCUT2D eigenvalue weighted by atomic mass is 9.93. The number of ether oxygens (including phenoxy) is 1. The molecular weight excluding hydrogens is 382 g/mol. The minimum absolute atomic E-state index is 0.223. The first-order valence-electron chi connectivity index (χ1n) is 6.30. The Balaban J connectivity index is 2.62. The van der Waals surface area contributed by atoms with Crippen molar-refractivity contribution in [3.8, 4) is 5.75 Å². The van der Waals surface area contributed by atoms with Gasteiger partial charge in [-0.3, -0.25) is 0 Å². The molecule has 0 aliphatic heterocycles. The summed E-state index contributed by atoms with van der Waals surface area (Å²) in [6.07, 6.45) is 0. The summed E-state index contributed by atoms with van der Waals surface area (Å²) in [5.41, 5.74) is 10.7. The second-order valence-corrected chi connectivity index (χ2v) is 6.55. The Morgan fingerprint density at radius 1 is 1.15 bits per heavy atom. The minimum Gasteiger partial charge on any atom is -0.496 e. The highest BCUT2D eigenvalue weighted by molar-refractivity contribution is 9.10. The van der Waals surface area contributed by atoms with E-state index in [1.807, 2.05) is 31.2 Å². The van der Waals surface area contributed by atoms with Crippen molar-refractivity contribution in [2.24, 2.45) is 5.73 Å². The number of aryl methyl sites for hydroxylation is 1. The number of benzene rings is 2. The first kappa shape index (κ1) is 15.5. The molecule has 2 nitrogen and oxygen atoms in total. The monoisotopic (exact) mass is 397 g/mol. The maximum Gasteiger partial charge on any atom is 0.127 e. The summed E-state index contributed by atoms with van der Waals surface area (Å²) in [5, 5.41) is 0. The van der Waals surface area contributed by atoms with Crippen LogP contribution >= 0.6 is 31.9 Å². The molecule has 1 atom stereocenters. The van der Waals surface area contributed by atoms with Crippen LogP contribution in [0, 0.1) is 13.8 Å². The van der Waals surface area contributed by atoms with Gasteiger partial charge in [0, 0.05) is 14.5 Å². The van der Waals surface area contributed by atoms with Crippen LogP contribution in [0.5, 0.6) is 5.75 Å². The van der Waals surface area contributed by atoms with Gasteiger partial charge in [-0.1, -0.05) is 44.0 Å². The van der Waals surface area contributed by atoms with Gasteiger partial charge in [0.25, 0.3) is 0 Å². The van der Waals surface area contributed by atoms with Gasteiger partial charge in [0.15, 0.2) is 0 Å². The van der Waals surface area contributed by atoms with Gasteiger partial charge in [-0.15, -0.1) is 0 Å². The van der Waals surface area contributed by atoms with Crippen molar-refractivity contribution in [3.63, 3.8) is 0 Å². The van der Waals surface area contributed by atoms with E-state index < -0.39 is 0 Å². The highest BCUT2D eigenvalue weighted by Gasteiger charge is 2.20. The molecule has 0 fully saturated rings. The molecule has 0 aromatic heterocycles. The topological polar surface area (TPSA) is 35.2 Å². The fourth-order valence-corrected chi connectivity index (χ4v) is 3.36. The molecule has 0 saturated carbocycles. The van der Waals surface area contributed by atoms with Crippen molar-refractivity contribution in [1.82, 2.24) is 0 Å². The van der Waals surface area contributed by atoms with E-state index in [0.29, 0.717) is 0 Å². The van der Waals surface area contributed by atoms with Gasteiger partial charge in [0.2, 0.25) is 0 Å². The number of methoxy groups -OCH3 is 1. The quantitative estimate of drug-likeness (QED) is 0.799. The van der Waals surface area contributed by atoms with Crippen LogP contribution in [-0.4, -0.2) is 7.11 Å². The number of halogens is 2. The van der Waals surface area contributed by atoms with Gasteiger partial charge in [0.1, 0.15) is 5.75 Å². The van der Waals surface area contributed by atoms with Gasteiger partial charge in [-0.25, -0.2) is 0 Å². The van der Waals surface area contributed by atoms with Gasteiger partial charge >= 0.3 is 0 Å². The smallest absolute Gasteiger partial charge is 0.127 e. The summed E-state index contributed by atoms with van der Waals surface area (Å²) >= 11 is 7.09. The van der Waals surface area contributed by atoms with E-state index in [-0.39, 0.29) is 6.04 Å². The molecule has 0 heterocycles. The molecule has 0 saturated heterocycles. The zero-order chi connectivity index (χ0) is 14.9. The number of nitrogens with two attached hydrogens (primary N) is 1. The van der Waals surface area contributed by atoms with Crippen molar-refractivity contribution in [2.45, 2.75) is 19.9 Å². The first-order chi connectivity index (χ1) is 9.45. The molecule has 1 unspecified atom stereocenters. The predicted molar refractivity (Wildman–Crippen MR) is 90.3 cm³/mol. The zero-order valence-electron chi connectivity index (χ0n) is 11.7. The molecule has 2 aromatic rings. The summed E-state index contributed by atoms with van der Waals surface area (Å²) in [6, 6.07) is 9.90. The lowest BCUT2D eigenvalue weighted by Gasteiger charge is -2.21. The molecule has 0 aliphatic rings. The third-order valence-corrected chi connectivity index (χ3v) is 4.75. The average Bonchev–Trinajstić information content (AvgIpc) is 2.41. The van der Waals surface area contributed by atoms with Crippen LogP contribution in [-0.2, 0) is 0 Å². The number of rotatable bonds is 3. The van der Waals surface area contributed by atoms with Gasteiger partial charge in [0.05, 0.1) is 13.2 Å². The highest BCUT2D eigenvalue weighted by Crippen LogP contribution is 2.38. The lowest BCUT2D eigenvalue weighted by molar-refractivity contribution is 0.404. The maximum absolute atomic E-state index is 6.48. The SMILES string of the molecule is COc1c(C)cc(Br)c(C)c1C(N)c1cccc(Br)c1. The van der Waals surface area contributed by atoms with Crippen LogP contribution in [0.25, 0.3) is 0 Å². The Morgan fingerprint density at radius 3 is 2.45 bits per heavy atom. The van der Waals surface area contributed by atoms with Crippen molar-refractivity contribution >= 4 is 31.9 Å². The third kappa shape index (κ3) is 2.92. The Hall–Kier alpha value is -0.840. The van der Waals surface area contributed by atoms with Crippen LogP contribution < -0.4 is 10.5 Å². The normalized spacial score (nSPS) is 12.3. The summed E-state index contributed by atoms with van der Waals surface area (Å²) < 4.78 is 7.65. The number of hydrogen-bond donors (Lipinski definition) is 1. The van der Waals surface area contributed by atoms with Crippen molar-refractivity contribution < 1.29 is 4.74 Å². The second kappa shape index (κ2) is 6.29. The van der Waals surface area contributed by atoms with Crippen LogP contribution in [0.2, 0.25) is 0 Å². The van der Waals surface area contributed by atoms with E-state index >= 15 is 0 Å². The van der Waals surface area contributed by atoms with Crippen LogP contribution in [0.1, 0.15) is 28.3 Å². The molecule has 106 valence electrons. The Morgan fingerprint density at radius 2 is 1.85 bits per heavy atom. The lowest BCUT2D eigenvalue weighted by Crippen LogP contribution is -2.15. The van der Waals surface area contributed by atoms with Crippen LogP contribution in [0.3, 0.4) is 0 Å². The molecule has 2 N–H and O–H groups in total. The molecule has 0 aliphatic carbocycles. The van der Waals surface area contributed by atoms with Crippen LogP contribution in [0.4, 0.5) is 0 Å². The highest BCUT2D eigenvalue weighted by atomic mass is 79.9. The Bertz CT molecular complexity index is 641. The molecule has 2 rings (SSSR count). The van der Waals surface area contributed by atoms with Crippen LogP contribution in [0.15, 0.2) is 39.3 Å². The Kier molecular flexibility index (Phi) is 4.89. The molecule has 20 heavy (non-hydrogen) atoms. The van der Waals surface area contributed by atoms with E-state index in [2.05, 4.69) is 44.8 Å². The molecule has 0 spiro atoms. The Labute approximate surface area is 136 Å². The molecule has 0 bridgehead atoms. The summed E-state index contributed by atoms with van der Waals surface area (Å²) in [4.78, 5) is 0. The van der Waals surface area contributed by atoms with E-state index in [0.717, 1.165) is 36.9 Å².